The predicted octanol–water partition coefficient (Wildman–Crippen LogP) is 1.87. The minimum absolute atomic E-state index is 0.0549. The van der Waals surface area contributed by atoms with E-state index in [4.69, 9.17) is 0 Å². The van der Waals surface area contributed by atoms with E-state index in [1.54, 1.807) is 37.2 Å². The molecular weight excluding hydrogens is 285 g/mol. The highest BCUT2D eigenvalue weighted by Crippen LogP contribution is 2.30. The maximum absolute atomic E-state index is 12.8. The molecule has 0 aliphatic rings. The highest BCUT2D eigenvalue weighted by molar-refractivity contribution is 5.44. The van der Waals surface area contributed by atoms with Gasteiger partial charge < -0.3 is 10.2 Å². The van der Waals surface area contributed by atoms with E-state index in [9.17, 15) is 13.2 Å². The summed E-state index contributed by atoms with van der Waals surface area (Å²) in [6.07, 6.45) is -1.11. The summed E-state index contributed by atoms with van der Waals surface area (Å²) in [5.41, 5.74) is -0.970. The minimum atomic E-state index is -4.51. The third-order valence-electron chi connectivity index (χ3n) is 2.64. The lowest BCUT2D eigenvalue weighted by molar-refractivity contribution is -0.141. The predicted molar refractivity (Wildman–Crippen MR) is 72.1 cm³/mol. The SMILES string of the molecule is CN(C)c1cc(C(F)(F)F)nc(NCCn2cccn2)n1. The molecule has 2 heterocycles. The van der Waals surface area contributed by atoms with E-state index in [1.165, 1.54) is 4.90 Å². The fraction of sp³-hybridized carbons (Fsp3) is 0.417. The Morgan fingerprint density at radius 3 is 2.62 bits per heavy atom. The molecular formula is C12H15F3N6. The summed E-state index contributed by atoms with van der Waals surface area (Å²) in [6.45, 7) is 0.875. The van der Waals surface area contributed by atoms with Gasteiger partial charge in [0.15, 0.2) is 5.69 Å². The molecule has 2 aromatic heterocycles. The first-order valence-corrected chi connectivity index (χ1v) is 6.21. The number of alkyl halides is 3. The second-order valence-corrected chi connectivity index (χ2v) is 4.52. The highest BCUT2D eigenvalue weighted by Gasteiger charge is 2.33. The fourth-order valence-electron chi connectivity index (χ4n) is 1.60. The van der Waals surface area contributed by atoms with Crippen LogP contribution in [0.15, 0.2) is 24.5 Å². The monoisotopic (exact) mass is 300 g/mol. The van der Waals surface area contributed by atoms with Gasteiger partial charge in [0.1, 0.15) is 5.82 Å². The lowest BCUT2D eigenvalue weighted by Crippen LogP contribution is -2.19. The largest absolute Gasteiger partial charge is 0.433 e. The highest BCUT2D eigenvalue weighted by atomic mass is 19.4. The van der Waals surface area contributed by atoms with Crippen LogP contribution in [0.25, 0.3) is 0 Å². The number of hydrogen-bond donors (Lipinski definition) is 1. The van der Waals surface area contributed by atoms with Gasteiger partial charge in [-0.1, -0.05) is 0 Å². The van der Waals surface area contributed by atoms with Crippen LogP contribution in [0.5, 0.6) is 0 Å². The Morgan fingerprint density at radius 2 is 2.05 bits per heavy atom. The Kier molecular flexibility index (Phi) is 4.29. The molecule has 0 amide bonds. The van der Waals surface area contributed by atoms with Gasteiger partial charge >= 0.3 is 6.18 Å². The van der Waals surface area contributed by atoms with E-state index < -0.39 is 11.9 Å². The van der Waals surface area contributed by atoms with Gasteiger partial charge in [-0.25, -0.2) is 4.98 Å². The van der Waals surface area contributed by atoms with Crippen molar-refractivity contribution in [3.63, 3.8) is 0 Å². The average molecular weight is 300 g/mol. The zero-order chi connectivity index (χ0) is 15.5. The first kappa shape index (κ1) is 15.1. The maximum Gasteiger partial charge on any atom is 0.433 e. The number of anilines is 2. The third-order valence-corrected chi connectivity index (χ3v) is 2.64. The summed E-state index contributed by atoms with van der Waals surface area (Å²) in [5.74, 6) is 0.139. The number of halogens is 3. The van der Waals surface area contributed by atoms with Crippen molar-refractivity contribution in [1.82, 2.24) is 19.7 Å². The Bertz CT molecular complexity index is 579. The molecule has 0 atom stereocenters. The summed E-state index contributed by atoms with van der Waals surface area (Å²) in [5, 5.41) is 6.78. The quantitative estimate of drug-likeness (QED) is 0.913. The normalized spacial score (nSPS) is 11.5. The van der Waals surface area contributed by atoms with Crippen LogP contribution in [0.2, 0.25) is 0 Å². The van der Waals surface area contributed by atoms with Crippen LogP contribution >= 0.6 is 0 Å². The van der Waals surface area contributed by atoms with Crippen LogP contribution < -0.4 is 10.2 Å². The van der Waals surface area contributed by atoms with E-state index in [1.807, 2.05) is 0 Å². The molecule has 0 saturated heterocycles. The molecule has 0 aliphatic carbocycles. The molecule has 0 fully saturated rings. The number of aromatic nitrogens is 4. The van der Waals surface area contributed by atoms with E-state index in [0.717, 1.165) is 6.07 Å². The summed E-state index contributed by atoms with van der Waals surface area (Å²) < 4.78 is 40.1. The molecule has 0 aliphatic heterocycles. The van der Waals surface area contributed by atoms with Crippen molar-refractivity contribution in [2.75, 3.05) is 30.9 Å². The molecule has 0 aromatic carbocycles. The van der Waals surface area contributed by atoms with Crippen LogP contribution in [-0.4, -0.2) is 40.4 Å². The summed E-state index contributed by atoms with van der Waals surface area (Å²) >= 11 is 0. The number of nitrogens with one attached hydrogen (secondary N) is 1. The minimum Gasteiger partial charge on any atom is -0.363 e. The molecule has 0 saturated carbocycles. The summed E-state index contributed by atoms with van der Waals surface area (Å²) in [6, 6.07) is 2.68. The van der Waals surface area contributed by atoms with Crippen molar-refractivity contribution in [3.05, 3.63) is 30.2 Å². The zero-order valence-corrected chi connectivity index (χ0v) is 11.6. The molecule has 2 aromatic rings. The van der Waals surface area contributed by atoms with Gasteiger partial charge in [0.05, 0.1) is 6.54 Å². The van der Waals surface area contributed by atoms with Crippen LogP contribution in [0.1, 0.15) is 5.69 Å². The van der Waals surface area contributed by atoms with Gasteiger partial charge in [-0.15, -0.1) is 0 Å². The molecule has 1 N–H and O–H groups in total. The van der Waals surface area contributed by atoms with Gasteiger partial charge in [0, 0.05) is 39.1 Å². The summed E-state index contributed by atoms with van der Waals surface area (Å²) in [4.78, 5) is 9.04. The average Bonchev–Trinajstić information content (AvgIpc) is 2.90. The Hall–Kier alpha value is -2.32. The lowest BCUT2D eigenvalue weighted by atomic mass is 10.3. The molecule has 2 rings (SSSR count). The van der Waals surface area contributed by atoms with Crippen LogP contribution in [-0.2, 0) is 12.7 Å². The smallest absolute Gasteiger partial charge is 0.363 e. The molecule has 114 valence electrons. The van der Waals surface area contributed by atoms with Crippen molar-refractivity contribution >= 4 is 11.8 Å². The maximum atomic E-state index is 12.8. The lowest BCUT2D eigenvalue weighted by Gasteiger charge is -2.15. The molecule has 9 heteroatoms. The van der Waals surface area contributed by atoms with Crippen molar-refractivity contribution in [3.8, 4) is 0 Å². The second kappa shape index (κ2) is 5.98. The van der Waals surface area contributed by atoms with Crippen LogP contribution in [0.3, 0.4) is 0 Å². The number of rotatable bonds is 5. The molecule has 0 bridgehead atoms. The van der Waals surface area contributed by atoms with Gasteiger partial charge in [0.2, 0.25) is 5.95 Å². The van der Waals surface area contributed by atoms with Gasteiger partial charge in [0.25, 0.3) is 0 Å². The Balaban J connectivity index is 2.12. The van der Waals surface area contributed by atoms with Crippen molar-refractivity contribution in [2.24, 2.45) is 0 Å². The van der Waals surface area contributed by atoms with Gasteiger partial charge in [-0.3, -0.25) is 4.68 Å². The number of nitrogens with zero attached hydrogens (tertiary/aromatic N) is 5. The topological polar surface area (TPSA) is 58.9 Å². The number of hydrogen-bond acceptors (Lipinski definition) is 5. The Morgan fingerprint density at radius 1 is 1.29 bits per heavy atom. The molecule has 0 unspecified atom stereocenters. The summed E-state index contributed by atoms with van der Waals surface area (Å²) in [7, 11) is 3.24. The first-order chi connectivity index (χ1) is 9.86. The van der Waals surface area contributed by atoms with Gasteiger partial charge in [-0.05, 0) is 6.07 Å². The Labute approximate surface area is 119 Å². The van der Waals surface area contributed by atoms with E-state index in [0.29, 0.717) is 13.1 Å². The van der Waals surface area contributed by atoms with Gasteiger partial charge in [-0.2, -0.15) is 23.3 Å². The fourth-order valence-corrected chi connectivity index (χ4v) is 1.60. The first-order valence-electron chi connectivity index (χ1n) is 6.21. The second-order valence-electron chi connectivity index (χ2n) is 4.52. The van der Waals surface area contributed by atoms with Crippen LogP contribution in [0.4, 0.5) is 24.9 Å². The molecule has 21 heavy (non-hydrogen) atoms. The molecule has 6 nitrogen and oxygen atoms in total. The molecule has 0 spiro atoms. The van der Waals surface area contributed by atoms with Crippen molar-refractivity contribution < 1.29 is 13.2 Å². The molecule has 0 radical (unpaired) electrons. The van der Waals surface area contributed by atoms with Crippen LogP contribution in [0, 0.1) is 0 Å². The standard InChI is InChI=1S/C12H15F3N6/c1-20(2)10-8-9(12(13,14)15)18-11(19-10)16-5-7-21-6-3-4-17-21/h3-4,6,8H,5,7H2,1-2H3,(H,16,18,19). The zero-order valence-electron chi connectivity index (χ0n) is 11.6. The third kappa shape index (κ3) is 4.07. The van der Waals surface area contributed by atoms with Crippen molar-refractivity contribution in [2.45, 2.75) is 12.7 Å². The van der Waals surface area contributed by atoms with E-state index >= 15 is 0 Å². The van der Waals surface area contributed by atoms with Crippen molar-refractivity contribution in [1.29, 1.82) is 0 Å². The van der Waals surface area contributed by atoms with E-state index in [-0.39, 0.29) is 11.8 Å². The van der Waals surface area contributed by atoms with E-state index in [2.05, 4.69) is 20.4 Å².